The van der Waals surface area contributed by atoms with Crippen molar-refractivity contribution in [2.75, 3.05) is 5.32 Å². The molecule has 0 fully saturated rings. The Balaban J connectivity index is 0.00000261. The molecule has 3 nitrogen and oxygen atoms in total. The number of carbonyl (C=O) groups excluding carboxylic acids is 1. The van der Waals surface area contributed by atoms with Gasteiger partial charge in [-0.1, -0.05) is 59.6 Å². The summed E-state index contributed by atoms with van der Waals surface area (Å²) in [6, 6.07) is 20.2. The summed E-state index contributed by atoms with van der Waals surface area (Å²) in [4.78, 5) is 11.2. The molecule has 0 atom stereocenters. The number of rotatable bonds is 6. The van der Waals surface area contributed by atoms with Gasteiger partial charge in [-0.25, -0.2) is 0 Å². The van der Waals surface area contributed by atoms with Gasteiger partial charge in [0.1, 0.15) is 0 Å². The Labute approximate surface area is 190 Å². The molecule has 0 aliphatic rings. The molecule has 6 heteroatoms. The van der Waals surface area contributed by atoms with Crippen LogP contribution in [0.4, 0.5) is 11.4 Å². The van der Waals surface area contributed by atoms with Crippen LogP contribution in [0.1, 0.15) is 21.5 Å². The number of hydrogen-bond donors (Lipinski definition) is 1. The van der Waals surface area contributed by atoms with E-state index in [1.54, 1.807) is 24.3 Å². The zero-order valence-electron chi connectivity index (χ0n) is 14.8. The molecule has 1 N–H and O–H groups in total. The molecule has 0 saturated heterocycles. The van der Waals surface area contributed by atoms with Crippen molar-refractivity contribution in [2.24, 2.45) is 0 Å². The summed E-state index contributed by atoms with van der Waals surface area (Å²) >= 11 is 12.0. The van der Waals surface area contributed by atoms with Gasteiger partial charge >= 0.3 is 29.6 Å². The first-order valence-electron chi connectivity index (χ1n) is 8.13. The molecule has 3 aromatic rings. The van der Waals surface area contributed by atoms with Gasteiger partial charge in [-0.2, -0.15) is 0 Å². The van der Waals surface area contributed by atoms with Crippen LogP contribution in [-0.2, 0) is 12.8 Å². The number of aryl methyl sites for hydroxylation is 2. The Hall–Kier alpha value is -1.49. The zero-order valence-corrected chi connectivity index (χ0v) is 18.3. The van der Waals surface area contributed by atoms with Crippen molar-refractivity contribution in [3.8, 4) is 0 Å². The summed E-state index contributed by atoms with van der Waals surface area (Å²) in [6.45, 7) is 0. The van der Waals surface area contributed by atoms with Crippen molar-refractivity contribution < 1.29 is 39.5 Å². The molecule has 0 aromatic heterocycles. The summed E-state index contributed by atoms with van der Waals surface area (Å²) in [5, 5.41) is 15.4. The predicted octanol–water partition coefficient (Wildman–Crippen LogP) is 1.89. The molecule has 0 amide bonds. The molecule has 3 rings (SSSR count). The fourth-order valence-electron chi connectivity index (χ4n) is 2.66. The summed E-state index contributed by atoms with van der Waals surface area (Å²) in [5.74, 6) is -1.20. The van der Waals surface area contributed by atoms with E-state index < -0.39 is 5.97 Å². The Kier molecular flexibility index (Phi) is 8.21. The van der Waals surface area contributed by atoms with Crippen LogP contribution in [0.3, 0.4) is 0 Å². The molecule has 132 valence electrons. The summed E-state index contributed by atoms with van der Waals surface area (Å²) in [6.07, 6.45) is 1.73. The predicted molar refractivity (Wildman–Crippen MR) is 104 cm³/mol. The summed E-state index contributed by atoms with van der Waals surface area (Å²) < 4.78 is 0. The van der Waals surface area contributed by atoms with Crippen LogP contribution >= 0.6 is 23.2 Å². The average molecular weight is 408 g/mol. The first-order chi connectivity index (χ1) is 12.5. The van der Waals surface area contributed by atoms with Gasteiger partial charge in [-0.3, -0.25) is 0 Å². The van der Waals surface area contributed by atoms with E-state index in [0.29, 0.717) is 15.7 Å². The van der Waals surface area contributed by atoms with Crippen LogP contribution in [0.5, 0.6) is 0 Å². The maximum absolute atomic E-state index is 11.2. The van der Waals surface area contributed by atoms with Crippen LogP contribution in [-0.4, -0.2) is 5.97 Å². The second kappa shape index (κ2) is 10.2. The SMILES string of the molecule is O=C([O-])c1ccccc1Nc1ccc(CCc2ccc(Cl)c(Cl)c2)cc1.[Na+]. The third-order valence-corrected chi connectivity index (χ3v) is 4.81. The van der Waals surface area contributed by atoms with Crippen LogP contribution in [0.25, 0.3) is 0 Å². The van der Waals surface area contributed by atoms with E-state index in [1.807, 2.05) is 36.4 Å². The van der Waals surface area contributed by atoms with Gasteiger partial charge in [0.05, 0.1) is 16.0 Å². The molecular formula is C21H16Cl2NNaO2. The monoisotopic (exact) mass is 407 g/mol. The second-order valence-corrected chi connectivity index (χ2v) is 6.72. The Morgan fingerprint density at radius 3 is 2.15 bits per heavy atom. The minimum atomic E-state index is -1.20. The van der Waals surface area contributed by atoms with E-state index in [1.165, 1.54) is 11.6 Å². The topological polar surface area (TPSA) is 52.2 Å². The number of anilines is 2. The number of para-hydroxylation sites is 1. The van der Waals surface area contributed by atoms with Crippen LogP contribution in [0.2, 0.25) is 10.0 Å². The number of halogens is 2. The summed E-state index contributed by atoms with van der Waals surface area (Å²) in [5.41, 5.74) is 3.77. The van der Waals surface area contributed by atoms with Crippen molar-refractivity contribution in [1.82, 2.24) is 0 Å². The molecular weight excluding hydrogens is 392 g/mol. The van der Waals surface area contributed by atoms with E-state index in [4.69, 9.17) is 23.2 Å². The standard InChI is InChI=1S/C21H17Cl2NO2.Na/c22-18-12-9-15(13-19(18)23)6-5-14-7-10-16(11-8-14)24-20-4-2-1-3-17(20)21(25)26;/h1-4,7-13,24H,5-6H2,(H,25,26);/q;+1/p-1. The molecule has 0 aliphatic heterocycles. The number of carboxylic acids is 1. The molecule has 3 aromatic carbocycles. The molecule has 0 radical (unpaired) electrons. The van der Waals surface area contributed by atoms with Gasteiger partial charge in [0, 0.05) is 16.9 Å². The van der Waals surface area contributed by atoms with Crippen molar-refractivity contribution in [1.29, 1.82) is 0 Å². The number of nitrogens with one attached hydrogen (secondary N) is 1. The third-order valence-electron chi connectivity index (χ3n) is 4.07. The second-order valence-electron chi connectivity index (χ2n) is 5.90. The number of benzene rings is 3. The van der Waals surface area contributed by atoms with E-state index in [-0.39, 0.29) is 35.1 Å². The van der Waals surface area contributed by atoms with E-state index >= 15 is 0 Å². The number of hydrogen-bond acceptors (Lipinski definition) is 3. The average Bonchev–Trinajstić information content (AvgIpc) is 2.64. The fourth-order valence-corrected chi connectivity index (χ4v) is 2.98. The normalized spacial score (nSPS) is 10.1. The van der Waals surface area contributed by atoms with Crippen molar-refractivity contribution >= 4 is 40.5 Å². The van der Waals surface area contributed by atoms with Gasteiger partial charge in [0.15, 0.2) is 0 Å². The molecule has 0 aliphatic carbocycles. The van der Waals surface area contributed by atoms with Gasteiger partial charge in [0.25, 0.3) is 0 Å². The number of carboxylic acid groups (broad SMARTS) is 1. The quantitative estimate of drug-likeness (QED) is 0.634. The van der Waals surface area contributed by atoms with Crippen LogP contribution in [0, 0.1) is 0 Å². The van der Waals surface area contributed by atoms with Crippen molar-refractivity contribution in [3.05, 3.63) is 93.5 Å². The van der Waals surface area contributed by atoms with Crippen molar-refractivity contribution in [2.45, 2.75) is 12.8 Å². The van der Waals surface area contributed by atoms with E-state index in [0.717, 1.165) is 24.1 Å². The summed E-state index contributed by atoms with van der Waals surface area (Å²) in [7, 11) is 0. The minimum Gasteiger partial charge on any atom is -0.545 e. The van der Waals surface area contributed by atoms with E-state index in [2.05, 4.69) is 5.32 Å². The molecule has 27 heavy (non-hydrogen) atoms. The number of aromatic carboxylic acids is 1. The molecule has 0 unspecified atom stereocenters. The smallest absolute Gasteiger partial charge is 0.545 e. The van der Waals surface area contributed by atoms with Crippen molar-refractivity contribution in [3.63, 3.8) is 0 Å². The third kappa shape index (κ3) is 6.00. The Morgan fingerprint density at radius 1 is 0.852 bits per heavy atom. The van der Waals surface area contributed by atoms with Crippen LogP contribution < -0.4 is 40.0 Å². The van der Waals surface area contributed by atoms with Gasteiger partial charge < -0.3 is 15.2 Å². The maximum atomic E-state index is 11.2. The molecule has 0 saturated carbocycles. The first-order valence-corrected chi connectivity index (χ1v) is 8.89. The molecule has 0 spiro atoms. The largest absolute Gasteiger partial charge is 1.00 e. The Morgan fingerprint density at radius 2 is 1.48 bits per heavy atom. The van der Waals surface area contributed by atoms with Crippen LogP contribution in [0.15, 0.2) is 66.7 Å². The molecule has 0 bridgehead atoms. The molecule has 0 heterocycles. The maximum Gasteiger partial charge on any atom is 1.00 e. The minimum absolute atomic E-state index is 0. The fraction of sp³-hybridized carbons (Fsp3) is 0.0952. The van der Waals surface area contributed by atoms with E-state index in [9.17, 15) is 9.90 Å². The van der Waals surface area contributed by atoms with Gasteiger partial charge in [-0.15, -0.1) is 0 Å². The Bertz CT molecular complexity index is 930. The first kappa shape index (κ1) is 21.8. The van der Waals surface area contributed by atoms with Gasteiger partial charge in [0.2, 0.25) is 0 Å². The number of carbonyl (C=O) groups is 1. The zero-order chi connectivity index (χ0) is 18.5. The van der Waals surface area contributed by atoms with Gasteiger partial charge in [-0.05, 0) is 54.3 Å².